The predicted octanol–water partition coefficient (Wildman–Crippen LogP) is 5.50. The van der Waals surface area contributed by atoms with Crippen molar-refractivity contribution in [2.24, 2.45) is 0 Å². The summed E-state index contributed by atoms with van der Waals surface area (Å²) in [7, 11) is 0. The van der Waals surface area contributed by atoms with Crippen LogP contribution in [0.15, 0.2) is 52.1 Å². The van der Waals surface area contributed by atoms with Gasteiger partial charge in [0.1, 0.15) is 11.5 Å². The van der Waals surface area contributed by atoms with Crippen LogP contribution in [0, 0.1) is 10.1 Å². The van der Waals surface area contributed by atoms with Gasteiger partial charge in [0, 0.05) is 17.7 Å². The van der Waals surface area contributed by atoms with Crippen LogP contribution in [0.5, 0.6) is 11.5 Å². The van der Waals surface area contributed by atoms with Gasteiger partial charge in [-0.05, 0) is 18.2 Å². The highest BCUT2D eigenvalue weighted by atomic mass is 32.2. The van der Waals surface area contributed by atoms with Gasteiger partial charge in [-0.3, -0.25) is 14.9 Å². The molecular formula is C20H13F6N3O6S. The summed E-state index contributed by atoms with van der Waals surface area (Å²) in [5.74, 6) is -1.97. The van der Waals surface area contributed by atoms with Crippen LogP contribution in [-0.2, 0) is 0 Å². The van der Waals surface area contributed by atoms with Gasteiger partial charge in [0.25, 0.3) is 16.8 Å². The first-order valence-electron chi connectivity index (χ1n) is 9.58. The number of ether oxygens (including phenoxy) is 2. The second-order valence-electron chi connectivity index (χ2n) is 6.86. The summed E-state index contributed by atoms with van der Waals surface area (Å²) in [6, 6.07) is 7.86. The zero-order valence-corrected chi connectivity index (χ0v) is 18.4. The van der Waals surface area contributed by atoms with Gasteiger partial charge in [0.2, 0.25) is 0 Å². The highest BCUT2D eigenvalue weighted by Gasteiger charge is 2.30. The zero-order chi connectivity index (χ0) is 26.5. The summed E-state index contributed by atoms with van der Waals surface area (Å²) in [5, 5.41) is 18.0. The molecule has 192 valence electrons. The van der Waals surface area contributed by atoms with Crippen molar-refractivity contribution in [2.75, 3.05) is 19.0 Å². The van der Waals surface area contributed by atoms with Crippen LogP contribution in [0.1, 0.15) is 10.4 Å². The van der Waals surface area contributed by atoms with Crippen LogP contribution in [0.3, 0.4) is 0 Å². The number of ketones is 1. The highest BCUT2D eigenvalue weighted by molar-refractivity contribution is 7.99. The van der Waals surface area contributed by atoms with Crippen molar-refractivity contribution >= 4 is 23.2 Å². The number of rotatable bonds is 10. The lowest BCUT2D eigenvalue weighted by Gasteiger charge is -2.14. The molecule has 2 aromatic carbocycles. The maximum Gasteiger partial charge on any atom is 0.422 e. The molecule has 3 rings (SSSR count). The van der Waals surface area contributed by atoms with Gasteiger partial charge in [0.05, 0.1) is 16.2 Å². The molecule has 0 amide bonds. The smallest absolute Gasteiger partial charge is 0.422 e. The van der Waals surface area contributed by atoms with E-state index in [9.17, 15) is 41.3 Å². The molecule has 16 heteroatoms. The molecule has 3 aromatic rings. The molecule has 0 aliphatic rings. The zero-order valence-electron chi connectivity index (χ0n) is 17.6. The monoisotopic (exact) mass is 537 g/mol. The van der Waals surface area contributed by atoms with Crippen LogP contribution in [0.2, 0.25) is 0 Å². The maximum atomic E-state index is 12.6. The van der Waals surface area contributed by atoms with E-state index >= 15 is 0 Å². The SMILES string of the molecule is O=C(CSc1nnc(-c2cc(OCC(F)(F)F)ccc2OCC(F)(F)F)o1)c1cccc([N+](=O)[O-])c1. The molecule has 0 bridgehead atoms. The Labute approximate surface area is 201 Å². The Bertz CT molecular complexity index is 1250. The van der Waals surface area contributed by atoms with E-state index in [0.29, 0.717) is 0 Å². The average Bonchev–Trinajstić information content (AvgIpc) is 3.28. The Morgan fingerprint density at radius 2 is 1.69 bits per heavy atom. The number of carbonyl (C=O) groups is 1. The Morgan fingerprint density at radius 3 is 2.36 bits per heavy atom. The third kappa shape index (κ3) is 7.86. The molecule has 0 unspecified atom stereocenters. The molecule has 0 radical (unpaired) electrons. The van der Waals surface area contributed by atoms with Crippen LogP contribution in [0.4, 0.5) is 32.0 Å². The fourth-order valence-electron chi connectivity index (χ4n) is 2.60. The van der Waals surface area contributed by atoms with E-state index in [2.05, 4.69) is 14.9 Å². The van der Waals surface area contributed by atoms with Gasteiger partial charge < -0.3 is 13.9 Å². The molecule has 0 fully saturated rings. The summed E-state index contributed by atoms with van der Waals surface area (Å²) in [5.41, 5.74) is -0.512. The van der Waals surface area contributed by atoms with E-state index in [1.165, 1.54) is 18.2 Å². The summed E-state index contributed by atoms with van der Waals surface area (Å²) < 4.78 is 89.8. The highest BCUT2D eigenvalue weighted by Crippen LogP contribution is 2.35. The second kappa shape index (κ2) is 10.8. The standard InChI is InChI=1S/C20H13F6N3O6S/c21-19(22,23)9-33-13-4-5-16(34-10-20(24,25)26)14(7-13)17-27-28-18(35-17)36-8-15(30)11-2-1-3-12(6-11)29(31)32/h1-7H,8-10H2. The molecule has 0 saturated heterocycles. The van der Waals surface area contributed by atoms with Gasteiger partial charge in [-0.1, -0.05) is 23.9 Å². The molecule has 0 aliphatic carbocycles. The van der Waals surface area contributed by atoms with E-state index in [-0.39, 0.29) is 33.5 Å². The largest absolute Gasteiger partial charge is 0.484 e. The lowest BCUT2D eigenvalue weighted by atomic mass is 10.1. The van der Waals surface area contributed by atoms with Crippen molar-refractivity contribution in [3.8, 4) is 23.0 Å². The molecule has 0 saturated carbocycles. The van der Waals surface area contributed by atoms with Gasteiger partial charge in [0.15, 0.2) is 19.0 Å². The minimum Gasteiger partial charge on any atom is -0.484 e. The predicted molar refractivity (Wildman–Crippen MR) is 111 cm³/mol. The first-order valence-corrected chi connectivity index (χ1v) is 10.6. The molecule has 0 spiro atoms. The first-order chi connectivity index (χ1) is 16.8. The normalized spacial score (nSPS) is 11.8. The number of Topliss-reactive ketones (excluding diaryl/α,β-unsaturated/α-hetero) is 1. The number of alkyl halides is 6. The number of nitro benzene ring substituents is 1. The van der Waals surface area contributed by atoms with Gasteiger partial charge in [-0.2, -0.15) is 26.3 Å². The molecule has 9 nitrogen and oxygen atoms in total. The van der Waals surface area contributed by atoms with Crippen LogP contribution < -0.4 is 9.47 Å². The van der Waals surface area contributed by atoms with E-state index in [4.69, 9.17) is 9.15 Å². The Kier molecular flexibility index (Phi) is 8.07. The van der Waals surface area contributed by atoms with Crippen molar-refractivity contribution in [3.63, 3.8) is 0 Å². The molecule has 36 heavy (non-hydrogen) atoms. The van der Waals surface area contributed by atoms with Crippen molar-refractivity contribution < 1.29 is 50.0 Å². The summed E-state index contributed by atoms with van der Waals surface area (Å²) in [6.07, 6.45) is -9.36. The number of nitro groups is 1. The Hall–Kier alpha value is -3.82. The third-order valence-corrected chi connectivity index (χ3v) is 4.91. The minimum atomic E-state index is -4.70. The van der Waals surface area contributed by atoms with Crippen LogP contribution in [0.25, 0.3) is 11.5 Å². The summed E-state index contributed by atoms with van der Waals surface area (Å²) in [6.45, 7) is -3.35. The fraction of sp³-hybridized carbons (Fsp3) is 0.250. The molecule has 1 heterocycles. The number of nitrogens with zero attached hydrogens (tertiary/aromatic N) is 3. The number of non-ortho nitro benzene ring substituents is 1. The fourth-order valence-corrected chi connectivity index (χ4v) is 3.25. The van der Waals surface area contributed by atoms with Crippen molar-refractivity contribution in [2.45, 2.75) is 17.6 Å². The topological polar surface area (TPSA) is 118 Å². The molecule has 0 atom stereocenters. The number of thioether (sulfide) groups is 1. The van der Waals surface area contributed by atoms with E-state index in [1.54, 1.807) is 0 Å². The van der Waals surface area contributed by atoms with Crippen molar-refractivity contribution in [1.29, 1.82) is 0 Å². The third-order valence-electron chi connectivity index (χ3n) is 4.09. The van der Waals surface area contributed by atoms with Crippen molar-refractivity contribution in [1.82, 2.24) is 10.2 Å². The number of halogens is 6. The number of hydrogen-bond donors (Lipinski definition) is 0. The summed E-state index contributed by atoms with van der Waals surface area (Å²) >= 11 is 0.734. The molecular weight excluding hydrogens is 524 g/mol. The Balaban J connectivity index is 1.78. The van der Waals surface area contributed by atoms with Gasteiger partial charge >= 0.3 is 12.4 Å². The number of benzene rings is 2. The maximum absolute atomic E-state index is 12.6. The Morgan fingerprint density at radius 1 is 1.00 bits per heavy atom. The molecule has 0 N–H and O–H groups in total. The van der Waals surface area contributed by atoms with E-state index < -0.39 is 47.9 Å². The van der Waals surface area contributed by atoms with Gasteiger partial charge in [-0.25, -0.2) is 0 Å². The van der Waals surface area contributed by atoms with E-state index in [1.807, 2.05) is 0 Å². The lowest BCUT2D eigenvalue weighted by Crippen LogP contribution is -2.20. The number of carbonyl (C=O) groups excluding carboxylic acids is 1. The average molecular weight is 537 g/mol. The lowest BCUT2D eigenvalue weighted by molar-refractivity contribution is -0.384. The first kappa shape index (κ1) is 26.8. The molecule has 0 aliphatic heterocycles. The van der Waals surface area contributed by atoms with Crippen LogP contribution in [-0.4, -0.2) is 52.2 Å². The van der Waals surface area contributed by atoms with Gasteiger partial charge in [-0.15, -0.1) is 10.2 Å². The van der Waals surface area contributed by atoms with E-state index in [0.717, 1.165) is 36.0 Å². The van der Waals surface area contributed by atoms with Crippen LogP contribution >= 0.6 is 11.8 Å². The minimum absolute atomic E-state index is 0.0498. The number of aromatic nitrogens is 2. The number of hydrogen-bond acceptors (Lipinski definition) is 9. The quantitative estimate of drug-likeness (QED) is 0.109. The van der Waals surface area contributed by atoms with Crippen molar-refractivity contribution in [3.05, 3.63) is 58.1 Å². The second-order valence-corrected chi connectivity index (χ2v) is 7.78. The summed E-state index contributed by atoms with van der Waals surface area (Å²) in [4.78, 5) is 22.5. The molecule has 1 aromatic heterocycles.